The first kappa shape index (κ1) is 14.1. The molecule has 0 radical (unpaired) electrons. The number of methoxy groups -OCH3 is 1. The summed E-state index contributed by atoms with van der Waals surface area (Å²) in [6.45, 7) is 1.93. The topological polar surface area (TPSA) is 78.8 Å². The minimum Gasteiger partial charge on any atom is -0.479 e. The zero-order valence-electron chi connectivity index (χ0n) is 11.3. The number of imidazole rings is 1. The Hall–Kier alpha value is -1.86. The predicted molar refractivity (Wildman–Crippen MR) is 85.1 cm³/mol. The molecule has 0 aliphatic carbocycles. The number of nitrogens with zero attached hydrogens (tertiary/aromatic N) is 4. The number of halogens is 2. The Morgan fingerprint density at radius 3 is 2.81 bits per heavy atom. The molecule has 108 valence electrons. The number of aryl methyl sites for hydroxylation is 1. The lowest BCUT2D eigenvalue weighted by molar-refractivity contribution is 0.401. The average Bonchev–Trinajstić information content (AvgIpc) is 2.79. The minimum absolute atomic E-state index is 0.282. The number of ether oxygens (including phenoxy) is 1. The minimum atomic E-state index is 0.282. The molecule has 0 fully saturated rings. The van der Waals surface area contributed by atoms with E-state index in [9.17, 15) is 0 Å². The molecule has 0 atom stereocenters. The maximum Gasteiger partial charge on any atom is 0.245 e. The number of hydrogen-bond acceptors (Lipinski definition) is 5. The molecule has 0 aliphatic heterocycles. The van der Waals surface area contributed by atoms with Gasteiger partial charge < -0.3 is 10.5 Å². The number of nitrogen functional groups attached to an aromatic ring is 1. The van der Waals surface area contributed by atoms with Crippen molar-refractivity contribution in [2.75, 3.05) is 12.8 Å². The van der Waals surface area contributed by atoms with Crippen LogP contribution < -0.4 is 10.5 Å². The molecule has 2 aromatic heterocycles. The number of rotatable bonds is 2. The third kappa shape index (κ3) is 2.22. The monoisotopic (exact) mass is 367 g/mol. The van der Waals surface area contributed by atoms with Gasteiger partial charge in [-0.2, -0.15) is 4.98 Å². The van der Waals surface area contributed by atoms with Crippen LogP contribution in [0.5, 0.6) is 5.88 Å². The Labute approximate surface area is 134 Å². The molecule has 0 amide bonds. The fourth-order valence-corrected chi connectivity index (χ4v) is 2.88. The zero-order valence-corrected chi connectivity index (χ0v) is 13.6. The normalized spacial score (nSPS) is 11.0. The van der Waals surface area contributed by atoms with Crippen molar-refractivity contribution < 1.29 is 4.74 Å². The highest BCUT2D eigenvalue weighted by molar-refractivity contribution is 9.10. The molecule has 0 unspecified atom stereocenters. The summed E-state index contributed by atoms with van der Waals surface area (Å²) >= 11 is 9.73. The molecule has 0 spiro atoms. The first-order valence-electron chi connectivity index (χ1n) is 6.02. The Balaban J connectivity index is 2.36. The molecule has 2 N–H and O–H groups in total. The summed E-state index contributed by atoms with van der Waals surface area (Å²) in [5, 5.41) is 0.635. The first-order chi connectivity index (χ1) is 10.0. The van der Waals surface area contributed by atoms with E-state index in [0.717, 1.165) is 15.7 Å². The molecule has 0 aliphatic rings. The van der Waals surface area contributed by atoms with Gasteiger partial charge in [0.1, 0.15) is 6.33 Å². The Morgan fingerprint density at radius 2 is 2.10 bits per heavy atom. The lowest BCUT2D eigenvalue weighted by Crippen LogP contribution is -2.03. The highest BCUT2D eigenvalue weighted by atomic mass is 79.9. The second-order valence-corrected chi connectivity index (χ2v) is 5.67. The molecule has 21 heavy (non-hydrogen) atoms. The zero-order chi connectivity index (χ0) is 15.1. The van der Waals surface area contributed by atoms with Gasteiger partial charge in [0.25, 0.3) is 0 Å². The van der Waals surface area contributed by atoms with Crippen molar-refractivity contribution in [3.05, 3.63) is 33.5 Å². The molecule has 0 bridgehead atoms. The van der Waals surface area contributed by atoms with E-state index < -0.39 is 0 Å². The molecular formula is C13H11BrClN5O. The molecule has 8 heteroatoms. The van der Waals surface area contributed by atoms with Crippen molar-refractivity contribution in [3.63, 3.8) is 0 Å². The van der Waals surface area contributed by atoms with Crippen molar-refractivity contribution >= 4 is 44.6 Å². The number of benzene rings is 1. The van der Waals surface area contributed by atoms with Gasteiger partial charge in [-0.3, -0.25) is 4.57 Å². The highest BCUT2D eigenvalue weighted by Crippen LogP contribution is 2.33. The van der Waals surface area contributed by atoms with E-state index in [4.69, 9.17) is 22.1 Å². The molecule has 1 aromatic carbocycles. The smallest absolute Gasteiger partial charge is 0.245 e. The van der Waals surface area contributed by atoms with Crippen molar-refractivity contribution in [1.82, 2.24) is 19.5 Å². The quantitative estimate of drug-likeness (QED) is 0.752. The number of nitrogens with two attached hydrogens (primary N) is 1. The van der Waals surface area contributed by atoms with E-state index in [1.807, 2.05) is 19.1 Å². The number of aromatic nitrogens is 4. The molecule has 3 aromatic rings. The Morgan fingerprint density at radius 1 is 1.33 bits per heavy atom. The Bertz CT molecular complexity index is 848. The maximum atomic E-state index is 6.21. The molecule has 3 rings (SSSR count). The van der Waals surface area contributed by atoms with Crippen LogP contribution in [0.15, 0.2) is 22.9 Å². The molecular weight excluding hydrogens is 358 g/mol. The summed E-state index contributed by atoms with van der Waals surface area (Å²) < 4.78 is 7.73. The van der Waals surface area contributed by atoms with Crippen LogP contribution in [-0.4, -0.2) is 26.6 Å². The summed E-state index contributed by atoms with van der Waals surface area (Å²) in [6, 6.07) is 3.73. The van der Waals surface area contributed by atoms with Crippen LogP contribution >= 0.6 is 27.5 Å². The largest absolute Gasteiger partial charge is 0.479 e. The number of hydrogen-bond donors (Lipinski definition) is 1. The maximum absolute atomic E-state index is 6.21. The molecule has 0 saturated heterocycles. The van der Waals surface area contributed by atoms with E-state index in [0.29, 0.717) is 22.1 Å². The van der Waals surface area contributed by atoms with Crippen LogP contribution in [0.1, 0.15) is 5.56 Å². The molecule has 6 nitrogen and oxygen atoms in total. The van der Waals surface area contributed by atoms with E-state index in [2.05, 4.69) is 30.9 Å². The van der Waals surface area contributed by atoms with Crippen LogP contribution in [0.3, 0.4) is 0 Å². The van der Waals surface area contributed by atoms with Crippen LogP contribution in [0.2, 0.25) is 5.02 Å². The van der Waals surface area contributed by atoms with E-state index >= 15 is 0 Å². The van der Waals surface area contributed by atoms with E-state index in [1.54, 1.807) is 4.57 Å². The van der Waals surface area contributed by atoms with Gasteiger partial charge in [-0.05, 0) is 40.5 Å². The van der Waals surface area contributed by atoms with Gasteiger partial charge in [0.05, 0.1) is 12.8 Å². The third-order valence-electron chi connectivity index (χ3n) is 3.10. The third-order valence-corrected chi connectivity index (χ3v) is 4.14. The fraction of sp³-hybridized carbons (Fsp3) is 0.154. The van der Waals surface area contributed by atoms with Gasteiger partial charge in [-0.15, -0.1) is 0 Å². The summed E-state index contributed by atoms with van der Waals surface area (Å²) in [5.41, 5.74) is 8.80. The predicted octanol–water partition coefficient (Wildman–Crippen LogP) is 3.13. The Kier molecular flexibility index (Phi) is 3.46. The number of anilines is 1. The van der Waals surface area contributed by atoms with Gasteiger partial charge in [0.15, 0.2) is 11.2 Å². The lowest BCUT2D eigenvalue weighted by Gasteiger charge is -2.10. The van der Waals surface area contributed by atoms with Crippen molar-refractivity contribution in [1.29, 1.82) is 0 Å². The van der Waals surface area contributed by atoms with Crippen molar-refractivity contribution in [2.24, 2.45) is 0 Å². The molecule has 0 saturated carbocycles. The lowest BCUT2D eigenvalue weighted by atomic mass is 10.2. The van der Waals surface area contributed by atoms with Gasteiger partial charge in [0, 0.05) is 9.50 Å². The van der Waals surface area contributed by atoms with Gasteiger partial charge >= 0.3 is 0 Å². The van der Waals surface area contributed by atoms with Gasteiger partial charge in [0.2, 0.25) is 11.8 Å². The second-order valence-electron chi connectivity index (χ2n) is 4.41. The van der Waals surface area contributed by atoms with Crippen molar-refractivity contribution in [3.8, 4) is 11.6 Å². The summed E-state index contributed by atoms with van der Waals surface area (Å²) in [6.07, 6.45) is 1.41. The van der Waals surface area contributed by atoms with E-state index in [-0.39, 0.29) is 5.95 Å². The van der Waals surface area contributed by atoms with Crippen LogP contribution in [0.25, 0.3) is 16.9 Å². The standard InChI is InChI=1S/C13H11BrClN5O/c1-6-3-7(14)9(4-8(6)15)20-11-10(19-13(20)16)12(21-2)18-5-17-11/h3-5H,1-2H3,(H2,16,19). The summed E-state index contributed by atoms with van der Waals surface area (Å²) in [4.78, 5) is 12.6. The first-order valence-corrected chi connectivity index (χ1v) is 7.19. The van der Waals surface area contributed by atoms with Gasteiger partial charge in [-0.25, -0.2) is 9.97 Å². The van der Waals surface area contributed by atoms with Gasteiger partial charge in [-0.1, -0.05) is 11.6 Å². The number of fused-ring (bicyclic) bond motifs is 1. The SMILES string of the molecule is COc1ncnc2c1nc(N)n2-c1cc(Cl)c(C)cc1Br. The second kappa shape index (κ2) is 5.16. The molecule has 2 heterocycles. The summed E-state index contributed by atoms with van der Waals surface area (Å²) in [5.74, 6) is 0.657. The van der Waals surface area contributed by atoms with Crippen molar-refractivity contribution in [2.45, 2.75) is 6.92 Å². The summed E-state index contributed by atoms with van der Waals surface area (Å²) in [7, 11) is 1.52. The van der Waals surface area contributed by atoms with E-state index in [1.165, 1.54) is 13.4 Å². The van der Waals surface area contributed by atoms with Crippen LogP contribution in [-0.2, 0) is 0 Å². The van der Waals surface area contributed by atoms with Crippen LogP contribution in [0.4, 0.5) is 5.95 Å². The fourth-order valence-electron chi connectivity index (χ4n) is 2.08. The average molecular weight is 369 g/mol. The van der Waals surface area contributed by atoms with Crippen LogP contribution in [0, 0.1) is 6.92 Å². The highest BCUT2D eigenvalue weighted by Gasteiger charge is 2.18.